The van der Waals surface area contributed by atoms with E-state index in [0.717, 1.165) is 13.1 Å². The van der Waals surface area contributed by atoms with Crippen LogP contribution < -0.4 is 5.32 Å². The third-order valence-electron chi connectivity index (χ3n) is 3.32. The minimum Gasteiger partial charge on any atom is -0.373 e. The van der Waals surface area contributed by atoms with Gasteiger partial charge >= 0.3 is 0 Å². The second-order valence-corrected chi connectivity index (χ2v) is 5.46. The molecule has 0 spiro atoms. The molecule has 0 bridgehead atoms. The monoisotopic (exact) mass is 280 g/mol. The van der Waals surface area contributed by atoms with Gasteiger partial charge in [0.15, 0.2) is 0 Å². The number of hydrogen-bond acceptors (Lipinski definition) is 3. The highest BCUT2D eigenvalue weighted by Gasteiger charge is 2.23. The number of ether oxygens (including phenoxy) is 1. The fourth-order valence-corrected chi connectivity index (χ4v) is 2.49. The molecule has 1 amide bonds. The topological polar surface area (TPSA) is 41.6 Å². The van der Waals surface area contributed by atoms with Crippen molar-refractivity contribution in [2.45, 2.75) is 33.0 Å². The molecule has 0 aromatic heterocycles. The Morgan fingerprint density at radius 3 is 2.65 bits per heavy atom. The molecule has 20 heavy (non-hydrogen) atoms. The Hall–Kier alpha value is -1.46. The van der Waals surface area contributed by atoms with E-state index in [4.69, 9.17) is 4.74 Å². The Morgan fingerprint density at radius 1 is 1.40 bits per heavy atom. The van der Waals surface area contributed by atoms with E-state index >= 15 is 0 Å². The number of carbonyl (C=O) groups is 1. The Kier molecular flexibility index (Phi) is 4.73. The molecule has 1 N–H and O–H groups in total. The van der Waals surface area contributed by atoms with Crippen LogP contribution in [0, 0.1) is 12.7 Å². The first-order valence-electron chi connectivity index (χ1n) is 6.88. The fraction of sp³-hybridized carbons (Fsp3) is 0.533. The molecule has 1 saturated heterocycles. The molecule has 0 radical (unpaired) electrons. The van der Waals surface area contributed by atoms with Crippen LogP contribution >= 0.6 is 0 Å². The summed E-state index contributed by atoms with van der Waals surface area (Å²) in [5.74, 6) is -0.439. The van der Waals surface area contributed by atoms with Gasteiger partial charge in [-0.3, -0.25) is 9.69 Å². The van der Waals surface area contributed by atoms with Crippen LogP contribution in [0.5, 0.6) is 0 Å². The SMILES string of the molecule is Cc1ccc(NC(=O)CN2C[C@@H](C)O[C@H](C)C2)cc1F. The van der Waals surface area contributed by atoms with Crippen LogP contribution in [0.15, 0.2) is 18.2 Å². The average molecular weight is 280 g/mol. The molecule has 110 valence electrons. The predicted octanol–water partition coefficient (Wildman–Crippen LogP) is 2.18. The summed E-state index contributed by atoms with van der Waals surface area (Å²) in [5, 5.41) is 2.73. The third kappa shape index (κ3) is 4.02. The number of morpholine rings is 1. The molecular weight excluding hydrogens is 259 g/mol. The number of rotatable bonds is 3. The third-order valence-corrected chi connectivity index (χ3v) is 3.32. The maximum Gasteiger partial charge on any atom is 0.238 e. The number of carbonyl (C=O) groups excluding carboxylic acids is 1. The van der Waals surface area contributed by atoms with Crippen molar-refractivity contribution in [1.82, 2.24) is 4.90 Å². The summed E-state index contributed by atoms with van der Waals surface area (Å²) in [7, 11) is 0. The second-order valence-electron chi connectivity index (χ2n) is 5.46. The van der Waals surface area contributed by atoms with Gasteiger partial charge in [0.25, 0.3) is 0 Å². The molecular formula is C15H21FN2O2. The van der Waals surface area contributed by atoms with E-state index in [1.165, 1.54) is 6.07 Å². The van der Waals surface area contributed by atoms with Crippen molar-refractivity contribution in [1.29, 1.82) is 0 Å². The summed E-state index contributed by atoms with van der Waals surface area (Å²) in [4.78, 5) is 14.0. The fourth-order valence-electron chi connectivity index (χ4n) is 2.49. The summed E-state index contributed by atoms with van der Waals surface area (Å²) in [5.41, 5.74) is 1.06. The first-order chi connectivity index (χ1) is 9.44. The van der Waals surface area contributed by atoms with Gasteiger partial charge in [-0.05, 0) is 38.5 Å². The molecule has 0 aliphatic carbocycles. The Balaban J connectivity index is 1.90. The van der Waals surface area contributed by atoms with Gasteiger partial charge in [0, 0.05) is 18.8 Å². The maximum atomic E-state index is 13.4. The number of aryl methyl sites for hydroxylation is 1. The van der Waals surface area contributed by atoms with Crippen LogP contribution in [0.3, 0.4) is 0 Å². The van der Waals surface area contributed by atoms with Gasteiger partial charge < -0.3 is 10.1 Å². The van der Waals surface area contributed by atoms with Gasteiger partial charge in [-0.15, -0.1) is 0 Å². The van der Waals surface area contributed by atoms with E-state index in [1.807, 2.05) is 13.8 Å². The largest absolute Gasteiger partial charge is 0.373 e. The number of anilines is 1. The van der Waals surface area contributed by atoms with E-state index in [0.29, 0.717) is 17.8 Å². The Labute approximate surface area is 118 Å². The van der Waals surface area contributed by atoms with Gasteiger partial charge in [-0.1, -0.05) is 6.07 Å². The van der Waals surface area contributed by atoms with Gasteiger partial charge in [-0.25, -0.2) is 4.39 Å². The van der Waals surface area contributed by atoms with Crippen molar-refractivity contribution in [2.24, 2.45) is 0 Å². The lowest BCUT2D eigenvalue weighted by molar-refractivity contribution is -0.121. The van der Waals surface area contributed by atoms with Crippen LogP contribution in [0.25, 0.3) is 0 Å². The van der Waals surface area contributed by atoms with Crippen LogP contribution in [0.1, 0.15) is 19.4 Å². The molecule has 1 aliphatic heterocycles. The quantitative estimate of drug-likeness (QED) is 0.922. The van der Waals surface area contributed by atoms with Crippen LogP contribution in [-0.4, -0.2) is 42.6 Å². The van der Waals surface area contributed by atoms with Crippen molar-refractivity contribution in [2.75, 3.05) is 25.0 Å². The predicted molar refractivity (Wildman–Crippen MR) is 76.2 cm³/mol. The zero-order chi connectivity index (χ0) is 14.7. The average Bonchev–Trinajstić information content (AvgIpc) is 2.32. The number of benzene rings is 1. The minimum absolute atomic E-state index is 0.128. The number of nitrogens with zero attached hydrogens (tertiary/aromatic N) is 1. The van der Waals surface area contributed by atoms with Gasteiger partial charge in [0.05, 0.1) is 18.8 Å². The van der Waals surface area contributed by atoms with Crippen molar-refractivity contribution in [3.63, 3.8) is 0 Å². The molecule has 4 nitrogen and oxygen atoms in total. The summed E-state index contributed by atoms with van der Waals surface area (Å²) in [6.45, 7) is 7.46. The number of hydrogen-bond donors (Lipinski definition) is 1. The van der Waals surface area contributed by atoms with E-state index < -0.39 is 0 Å². The van der Waals surface area contributed by atoms with Gasteiger partial charge in [0.1, 0.15) is 5.82 Å². The molecule has 1 heterocycles. The number of amides is 1. The summed E-state index contributed by atoms with van der Waals surface area (Å²) >= 11 is 0. The zero-order valence-electron chi connectivity index (χ0n) is 12.1. The molecule has 2 rings (SSSR count). The summed E-state index contributed by atoms with van der Waals surface area (Å²) in [6.07, 6.45) is 0.256. The van der Waals surface area contributed by atoms with E-state index in [9.17, 15) is 9.18 Å². The van der Waals surface area contributed by atoms with E-state index in [2.05, 4.69) is 10.2 Å². The molecule has 1 aliphatic rings. The second kappa shape index (κ2) is 6.33. The highest BCUT2D eigenvalue weighted by atomic mass is 19.1. The highest BCUT2D eigenvalue weighted by molar-refractivity contribution is 5.92. The Morgan fingerprint density at radius 2 is 2.05 bits per heavy atom. The summed E-state index contributed by atoms with van der Waals surface area (Å²) in [6, 6.07) is 4.71. The molecule has 2 atom stereocenters. The number of nitrogens with one attached hydrogen (secondary N) is 1. The van der Waals surface area contributed by atoms with Crippen molar-refractivity contribution in [3.8, 4) is 0 Å². The van der Waals surface area contributed by atoms with Crippen LogP contribution in [-0.2, 0) is 9.53 Å². The first kappa shape index (κ1) is 14.9. The first-order valence-corrected chi connectivity index (χ1v) is 6.88. The number of halogens is 1. The van der Waals surface area contributed by atoms with E-state index in [-0.39, 0.29) is 23.9 Å². The standard InChI is InChI=1S/C15H21FN2O2/c1-10-4-5-13(6-14(10)16)17-15(19)9-18-7-11(2)20-12(3)8-18/h4-6,11-12H,7-9H2,1-3H3,(H,17,19)/t11-,12-/m1/s1. The lowest BCUT2D eigenvalue weighted by Crippen LogP contribution is -2.48. The zero-order valence-corrected chi connectivity index (χ0v) is 12.1. The van der Waals surface area contributed by atoms with E-state index in [1.54, 1.807) is 19.1 Å². The molecule has 1 fully saturated rings. The molecule has 5 heteroatoms. The van der Waals surface area contributed by atoms with Gasteiger partial charge in [0.2, 0.25) is 5.91 Å². The smallest absolute Gasteiger partial charge is 0.238 e. The molecule has 0 saturated carbocycles. The Bertz CT molecular complexity index is 483. The van der Waals surface area contributed by atoms with Crippen LogP contribution in [0.4, 0.5) is 10.1 Å². The maximum absolute atomic E-state index is 13.4. The van der Waals surface area contributed by atoms with Crippen LogP contribution in [0.2, 0.25) is 0 Å². The summed E-state index contributed by atoms with van der Waals surface area (Å²) < 4.78 is 19.0. The lowest BCUT2D eigenvalue weighted by Gasteiger charge is -2.34. The molecule has 1 aromatic rings. The lowest BCUT2D eigenvalue weighted by atomic mass is 10.2. The van der Waals surface area contributed by atoms with Crippen molar-refractivity contribution < 1.29 is 13.9 Å². The molecule has 1 aromatic carbocycles. The normalized spacial score (nSPS) is 23.6. The highest BCUT2D eigenvalue weighted by Crippen LogP contribution is 2.14. The van der Waals surface area contributed by atoms with Crippen molar-refractivity contribution >= 4 is 11.6 Å². The molecule has 0 unspecified atom stereocenters. The minimum atomic E-state index is -0.309. The van der Waals surface area contributed by atoms with Crippen molar-refractivity contribution in [3.05, 3.63) is 29.6 Å². The van der Waals surface area contributed by atoms with Gasteiger partial charge in [-0.2, -0.15) is 0 Å².